The largest absolute Gasteiger partial charge is 0.465 e. The van der Waals surface area contributed by atoms with E-state index in [1.165, 1.54) is 24.5 Å². The number of hydrogen-bond acceptors (Lipinski definition) is 4. The number of anilines is 1. The van der Waals surface area contributed by atoms with Crippen LogP contribution in [0.15, 0.2) is 46.6 Å². The quantitative estimate of drug-likeness (QED) is 0.685. The van der Waals surface area contributed by atoms with E-state index < -0.39 is 17.5 Å². The molecule has 0 unspecified atom stereocenters. The van der Waals surface area contributed by atoms with E-state index in [1.807, 2.05) is 6.07 Å². The van der Waals surface area contributed by atoms with Crippen molar-refractivity contribution in [3.63, 3.8) is 0 Å². The van der Waals surface area contributed by atoms with Crippen molar-refractivity contribution in [3.8, 4) is 6.07 Å². The number of nitriles is 1. The minimum atomic E-state index is -0.637. The van der Waals surface area contributed by atoms with Crippen molar-refractivity contribution in [1.29, 1.82) is 5.26 Å². The lowest BCUT2D eigenvalue weighted by atomic mass is 10.2. The van der Waals surface area contributed by atoms with E-state index in [2.05, 4.69) is 5.32 Å². The van der Waals surface area contributed by atoms with Crippen LogP contribution in [0.3, 0.4) is 0 Å². The van der Waals surface area contributed by atoms with Gasteiger partial charge in [-0.05, 0) is 30.7 Å². The number of carbonyl (C=O) groups excluding carboxylic acids is 1. The molecule has 1 fully saturated rings. The Morgan fingerprint density at radius 2 is 2.24 bits per heavy atom. The van der Waals surface area contributed by atoms with Crippen molar-refractivity contribution in [2.45, 2.75) is 12.5 Å². The molecule has 1 aromatic heterocycles. The summed E-state index contributed by atoms with van der Waals surface area (Å²) in [6.07, 6.45) is 3.41. The highest BCUT2D eigenvalue weighted by Crippen LogP contribution is 2.24. The number of benzene rings is 1. The first-order valence-electron chi connectivity index (χ1n) is 7.73. The summed E-state index contributed by atoms with van der Waals surface area (Å²) in [6, 6.07) is 8.32. The zero-order valence-corrected chi connectivity index (χ0v) is 13.2. The van der Waals surface area contributed by atoms with Gasteiger partial charge in [-0.15, -0.1) is 0 Å². The van der Waals surface area contributed by atoms with Crippen molar-refractivity contribution in [2.75, 3.05) is 18.0 Å². The second-order valence-corrected chi connectivity index (χ2v) is 5.69. The summed E-state index contributed by atoms with van der Waals surface area (Å²) in [6.45, 7) is 0.908. The molecule has 25 heavy (non-hydrogen) atoms. The maximum absolute atomic E-state index is 13.9. The van der Waals surface area contributed by atoms with Crippen LogP contribution < -0.4 is 10.2 Å². The van der Waals surface area contributed by atoms with Gasteiger partial charge in [0.1, 0.15) is 29.0 Å². The molecule has 0 radical (unpaired) electrons. The van der Waals surface area contributed by atoms with E-state index in [0.717, 1.165) is 6.07 Å². The van der Waals surface area contributed by atoms with Gasteiger partial charge in [0.2, 0.25) is 0 Å². The summed E-state index contributed by atoms with van der Waals surface area (Å²) < 4.78 is 32.0. The van der Waals surface area contributed by atoms with Crippen LogP contribution in [0.2, 0.25) is 0 Å². The summed E-state index contributed by atoms with van der Waals surface area (Å²) >= 11 is 0. The molecule has 1 saturated heterocycles. The molecule has 3 rings (SSSR count). The van der Waals surface area contributed by atoms with E-state index in [9.17, 15) is 13.6 Å². The molecular formula is C18H15F2N3O2. The first-order valence-corrected chi connectivity index (χ1v) is 7.73. The predicted molar refractivity (Wildman–Crippen MR) is 87.4 cm³/mol. The maximum atomic E-state index is 13.9. The van der Waals surface area contributed by atoms with Crippen LogP contribution in [0.1, 0.15) is 12.2 Å². The van der Waals surface area contributed by atoms with Gasteiger partial charge < -0.3 is 14.6 Å². The Hall–Kier alpha value is -3.14. The van der Waals surface area contributed by atoms with Gasteiger partial charge in [-0.3, -0.25) is 4.79 Å². The Bertz CT molecular complexity index is 841. The number of nitrogens with one attached hydrogen (secondary N) is 1. The fraction of sp³-hybridized carbons (Fsp3) is 0.222. The minimum absolute atomic E-state index is 0.0682. The molecule has 1 atom stereocenters. The van der Waals surface area contributed by atoms with Gasteiger partial charge in [0, 0.05) is 31.3 Å². The first-order chi connectivity index (χ1) is 12.1. The molecule has 0 spiro atoms. The van der Waals surface area contributed by atoms with E-state index in [1.54, 1.807) is 17.0 Å². The number of halogens is 2. The lowest BCUT2D eigenvalue weighted by Crippen LogP contribution is -2.37. The summed E-state index contributed by atoms with van der Waals surface area (Å²) in [5.74, 6) is -1.37. The number of hydrogen-bond donors (Lipinski definition) is 1. The fourth-order valence-corrected chi connectivity index (χ4v) is 2.76. The number of amides is 1. The minimum Gasteiger partial charge on any atom is -0.465 e. The molecule has 0 bridgehead atoms. The van der Waals surface area contributed by atoms with Crippen molar-refractivity contribution < 1.29 is 18.0 Å². The Morgan fingerprint density at radius 3 is 2.92 bits per heavy atom. The van der Waals surface area contributed by atoms with Crippen molar-refractivity contribution in [3.05, 3.63) is 59.6 Å². The molecule has 5 nitrogen and oxygen atoms in total. The molecule has 1 aliphatic rings. The fourth-order valence-electron chi connectivity index (χ4n) is 2.76. The second kappa shape index (κ2) is 7.18. The van der Waals surface area contributed by atoms with E-state index in [0.29, 0.717) is 31.0 Å². The van der Waals surface area contributed by atoms with Gasteiger partial charge in [-0.25, -0.2) is 8.78 Å². The predicted octanol–water partition coefficient (Wildman–Crippen LogP) is 2.86. The first kappa shape index (κ1) is 16.7. The summed E-state index contributed by atoms with van der Waals surface area (Å²) in [5, 5.41) is 11.9. The van der Waals surface area contributed by atoms with Crippen molar-refractivity contribution in [2.24, 2.45) is 0 Å². The third-order valence-electron chi connectivity index (χ3n) is 3.97. The average Bonchev–Trinajstić information content (AvgIpc) is 3.24. The van der Waals surface area contributed by atoms with Crippen LogP contribution in [0.5, 0.6) is 0 Å². The number of rotatable bonds is 4. The number of nitrogens with zero attached hydrogens (tertiary/aromatic N) is 2. The van der Waals surface area contributed by atoms with Gasteiger partial charge in [0.15, 0.2) is 0 Å². The molecule has 7 heteroatoms. The van der Waals surface area contributed by atoms with Crippen LogP contribution in [-0.2, 0) is 4.79 Å². The molecular weight excluding hydrogens is 328 g/mol. The van der Waals surface area contributed by atoms with Gasteiger partial charge >= 0.3 is 0 Å². The number of furan rings is 1. The molecule has 0 saturated carbocycles. The molecule has 1 amide bonds. The third-order valence-corrected chi connectivity index (χ3v) is 3.97. The Balaban J connectivity index is 1.64. The molecule has 1 aromatic carbocycles. The standard InChI is InChI=1S/C18H15F2N3O2/c19-13-3-4-17(16(20)9-13)23-6-5-14(11-23)22-18(24)12(10-21)8-15-2-1-7-25-15/h1-4,7-9,14H,5-6,11H2,(H,22,24)/b12-8+/t14-/m0/s1. The zero-order valence-electron chi connectivity index (χ0n) is 13.2. The smallest absolute Gasteiger partial charge is 0.262 e. The highest BCUT2D eigenvalue weighted by molar-refractivity contribution is 6.01. The lowest BCUT2D eigenvalue weighted by molar-refractivity contribution is -0.117. The van der Waals surface area contributed by atoms with Crippen LogP contribution in [0.25, 0.3) is 6.08 Å². The highest BCUT2D eigenvalue weighted by Gasteiger charge is 2.26. The Morgan fingerprint density at radius 1 is 1.40 bits per heavy atom. The van der Waals surface area contributed by atoms with Crippen LogP contribution in [0.4, 0.5) is 14.5 Å². The SMILES string of the molecule is N#C/C(=C\c1ccco1)C(=O)N[C@H]1CCN(c2ccc(F)cc2F)C1. The van der Waals surface area contributed by atoms with E-state index >= 15 is 0 Å². The highest BCUT2D eigenvalue weighted by atomic mass is 19.1. The molecule has 2 heterocycles. The molecule has 1 aliphatic heterocycles. The normalized spacial score (nSPS) is 17.4. The van der Waals surface area contributed by atoms with Crippen LogP contribution in [-0.4, -0.2) is 25.0 Å². The second-order valence-electron chi connectivity index (χ2n) is 5.69. The summed E-state index contributed by atoms with van der Waals surface area (Å²) in [5.41, 5.74) is 0.228. The maximum Gasteiger partial charge on any atom is 0.262 e. The van der Waals surface area contributed by atoms with Crippen LogP contribution >= 0.6 is 0 Å². The van der Waals surface area contributed by atoms with Gasteiger partial charge in [0.05, 0.1) is 12.0 Å². The Kier molecular flexibility index (Phi) is 4.80. The van der Waals surface area contributed by atoms with Crippen molar-refractivity contribution >= 4 is 17.7 Å². The van der Waals surface area contributed by atoms with Gasteiger partial charge in [-0.1, -0.05) is 0 Å². The Labute approximate surface area is 143 Å². The van der Waals surface area contributed by atoms with Crippen molar-refractivity contribution in [1.82, 2.24) is 5.32 Å². The molecule has 128 valence electrons. The van der Waals surface area contributed by atoms with Gasteiger partial charge in [-0.2, -0.15) is 5.26 Å². The third kappa shape index (κ3) is 3.86. The molecule has 0 aliphatic carbocycles. The van der Waals surface area contributed by atoms with Gasteiger partial charge in [0.25, 0.3) is 5.91 Å². The topological polar surface area (TPSA) is 69.3 Å². The lowest BCUT2D eigenvalue weighted by Gasteiger charge is -2.19. The zero-order chi connectivity index (χ0) is 17.8. The molecule has 2 aromatic rings. The number of carbonyl (C=O) groups is 1. The summed E-state index contributed by atoms with van der Waals surface area (Å²) in [4.78, 5) is 14.0. The summed E-state index contributed by atoms with van der Waals surface area (Å²) in [7, 11) is 0. The molecule has 1 N–H and O–H groups in total. The van der Waals surface area contributed by atoms with E-state index in [4.69, 9.17) is 9.68 Å². The average molecular weight is 343 g/mol. The van der Waals surface area contributed by atoms with Crippen LogP contribution in [0, 0.1) is 23.0 Å². The monoisotopic (exact) mass is 343 g/mol. The van der Waals surface area contributed by atoms with E-state index in [-0.39, 0.29) is 11.6 Å².